The van der Waals surface area contributed by atoms with Gasteiger partial charge in [-0.25, -0.2) is 9.13 Å². The summed E-state index contributed by atoms with van der Waals surface area (Å²) in [5.41, 5.74) is 0. The largest absolute Gasteiger partial charge is 0.472 e. The summed E-state index contributed by atoms with van der Waals surface area (Å²) < 4.78 is 53.5. The van der Waals surface area contributed by atoms with E-state index >= 15 is 0 Å². The quantitative estimate of drug-likeness (QED) is 0.0148. The van der Waals surface area contributed by atoms with Crippen molar-refractivity contribution in [3.8, 4) is 0 Å². The zero-order valence-electron chi connectivity index (χ0n) is 37.6. The van der Waals surface area contributed by atoms with Crippen LogP contribution in [0, 0.1) is 0 Å². The average molecular weight is 919 g/mol. The number of unbranched alkanes of at least 4 members (excludes halogenated alkanes) is 13. The molecule has 0 saturated carbocycles. The average Bonchev–Trinajstić information content (AvgIpc) is 3.99. The first-order valence-electron chi connectivity index (χ1n) is 23.1. The lowest BCUT2D eigenvalue weighted by Gasteiger charge is -2.20. The number of hydrogen-bond acceptors (Lipinski definition) is 11. The maximum atomic E-state index is 12.7. The number of hydrogen-bond donors (Lipinski definition) is 4. The van der Waals surface area contributed by atoms with Gasteiger partial charge in [-0.05, 0) is 77.0 Å². The van der Waals surface area contributed by atoms with Gasteiger partial charge in [-0.15, -0.1) is 0 Å². The smallest absolute Gasteiger partial charge is 0.462 e. The fourth-order valence-corrected chi connectivity index (χ4v) is 7.33. The van der Waals surface area contributed by atoms with Crippen LogP contribution in [0.15, 0.2) is 60.8 Å². The normalized spacial score (nSPS) is 17.8. The van der Waals surface area contributed by atoms with Crippen molar-refractivity contribution in [3.05, 3.63) is 60.8 Å². The number of ether oxygens (including phenoxy) is 3. The molecule has 1 fully saturated rings. The second-order valence-electron chi connectivity index (χ2n) is 15.7. The number of aliphatic hydroxyl groups excluding tert-OH is 1. The Balaban J connectivity index is 2.38. The van der Waals surface area contributed by atoms with Crippen molar-refractivity contribution >= 4 is 27.6 Å². The van der Waals surface area contributed by atoms with Crippen LogP contribution >= 0.6 is 15.6 Å². The van der Waals surface area contributed by atoms with Gasteiger partial charge in [-0.3, -0.25) is 23.2 Å². The molecule has 0 bridgehead atoms. The highest BCUT2D eigenvalue weighted by atomic mass is 31.2. The van der Waals surface area contributed by atoms with Gasteiger partial charge in [0.25, 0.3) is 0 Å². The fraction of sp³-hybridized carbons (Fsp3) is 0.739. The number of phosphoric ester groups is 2. The molecule has 5 atom stereocenters. The number of rotatable bonds is 42. The van der Waals surface area contributed by atoms with E-state index in [1.54, 1.807) is 0 Å². The third-order valence-electron chi connectivity index (χ3n) is 9.79. The molecule has 0 radical (unpaired) electrons. The SMILES string of the molecule is CCCCC/C=C\C/C=C\CCCCCCCCCC(=O)OC[C@H](COP(=O)(O)OC[C@@H](O)COP(=O)(O)O)OC(=O)CCC/C=C\C/C=C\C/C=C\CC1OC1CCCCC. The topological polar surface area (TPSA) is 208 Å². The lowest BCUT2D eigenvalue weighted by atomic mass is 10.1. The highest BCUT2D eigenvalue weighted by Gasteiger charge is 2.36. The van der Waals surface area contributed by atoms with Gasteiger partial charge in [0.2, 0.25) is 0 Å². The zero-order chi connectivity index (χ0) is 45.6. The minimum atomic E-state index is -4.87. The lowest BCUT2D eigenvalue weighted by molar-refractivity contribution is -0.161. The number of allylic oxidation sites excluding steroid dienone is 9. The summed E-state index contributed by atoms with van der Waals surface area (Å²) >= 11 is 0. The van der Waals surface area contributed by atoms with Crippen LogP contribution in [-0.4, -0.2) is 82.6 Å². The van der Waals surface area contributed by atoms with E-state index in [2.05, 4.69) is 71.5 Å². The van der Waals surface area contributed by atoms with Crippen LogP contribution in [0.1, 0.15) is 168 Å². The Morgan fingerprint density at radius 2 is 1.06 bits per heavy atom. The van der Waals surface area contributed by atoms with Gasteiger partial charge >= 0.3 is 27.6 Å². The Hall–Kier alpha value is -2.22. The van der Waals surface area contributed by atoms with E-state index < -0.39 is 66.2 Å². The molecule has 4 N–H and O–H groups in total. The molecule has 0 aliphatic carbocycles. The van der Waals surface area contributed by atoms with Crippen LogP contribution in [0.3, 0.4) is 0 Å². The predicted molar refractivity (Wildman–Crippen MR) is 243 cm³/mol. The first-order valence-corrected chi connectivity index (χ1v) is 26.1. The lowest BCUT2D eigenvalue weighted by Crippen LogP contribution is -2.29. The standard InChI is InChI=1S/C46H80O14P2/c1-3-5-7-8-9-10-11-12-13-14-15-16-17-21-24-27-31-35-45(48)55-39-42(40-58-62(53,54)57-38-41(47)37-56-61(50,51)52)59-46(49)36-32-28-25-22-19-18-20-23-26-30-34-44-43(60-44)33-29-6-4-2/h9-10,12-13,18,20,22,25-26,30,41-44,47H,3-8,11,14-17,19,21,23-24,27-29,31-40H2,1-2H3,(H,53,54)(H2,50,51,52)/b10-9-,13-12-,20-18-,25-22-,30-26-/t41-,42+,43?,44?/m0/s1. The molecule has 0 spiro atoms. The maximum absolute atomic E-state index is 12.7. The number of esters is 2. The van der Waals surface area contributed by atoms with Crippen LogP contribution in [0.4, 0.5) is 0 Å². The molecular formula is C46H80O14P2. The van der Waals surface area contributed by atoms with Crippen LogP contribution in [0.25, 0.3) is 0 Å². The molecule has 0 amide bonds. The van der Waals surface area contributed by atoms with Gasteiger partial charge in [0.15, 0.2) is 6.10 Å². The van der Waals surface area contributed by atoms with Crippen molar-refractivity contribution < 1.29 is 66.3 Å². The minimum absolute atomic E-state index is 0.0478. The van der Waals surface area contributed by atoms with Crippen LogP contribution in [0.5, 0.6) is 0 Å². The third-order valence-corrected chi connectivity index (χ3v) is 11.2. The molecule has 1 aliphatic rings. The molecule has 16 heteroatoms. The molecule has 0 aromatic rings. The third kappa shape index (κ3) is 38.3. The maximum Gasteiger partial charge on any atom is 0.472 e. The Labute approximate surface area is 372 Å². The van der Waals surface area contributed by atoms with Crippen molar-refractivity contribution in [2.24, 2.45) is 0 Å². The Bertz CT molecular complexity index is 1390. The fourth-order valence-electron chi connectivity index (χ4n) is 6.17. The number of carbonyl (C=O) groups is 2. The Kier molecular flexibility index (Phi) is 35.5. The van der Waals surface area contributed by atoms with E-state index in [4.69, 9.17) is 28.5 Å². The molecule has 0 aromatic heterocycles. The van der Waals surface area contributed by atoms with Crippen molar-refractivity contribution in [2.45, 2.75) is 192 Å². The van der Waals surface area contributed by atoms with Gasteiger partial charge in [0.05, 0.1) is 32.0 Å². The molecule has 358 valence electrons. The van der Waals surface area contributed by atoms with Gasteiger partial charge in [-0.2, -0.15) is 0 Å². The number of epoxide rings is 1. The number of aliphatic hydroxyl groups is 1. The van der Waals surface area contributed by atoms with Crippen molar-refractivity contribution in [2.75, 3.05) is 26.4 Å². The summed E-state index contributed by atoms with van der Waals surface area (Å²) in [6.45, 7) is 1.63. The molecule has 62 heavy (non-hydrogen) atoms. The second kappa shape index (κ2) is 38.1. The van der Waals surface area contributed by atoms with Crippen LogP contribution < -0.4 is 0 Å². The van der Waals surface area contributed by atoms with Gasteiger partial charge in [0.1, 0.15) is 12.7 Å². The Morgan fingerprint density at radius 1 is 0.565 bits per heavy atom. The minimum Gasteiger partial charge on any atom is -0.462 e. The van der Waals surface area contributed by atoms with E-state index in [-0.39, 0.29) is 12.8 Å². The zero-order valence-corrected chi connectivity index (χ0v) is 39.4. The summed E-state index contributed by atoms with van der Waals surface area (Å²) in [6.07, 6.45) is 42.4. The van der Waals surface area contributed by atoms with Crippen molar-refractivity contribution in [1.29, 1.82) is 0 Å². The van der Waals surface area contributed by atoms with Gasteiger partial charge < -0.3 is 34.0 Å². The van der Waals surface area contributed by atoms with Crippen molar-refractivity contribution in [3.63, 3.8) is 0 Å². The van der Waals surface area contributed by atoms with Gasteiger partial charge in [0, 0.05) is 12.8 Å². The van der Waals surface area contributed by atoms with E-state index in [1.165, 1.54) is 51.4 Å². The molecule has 14 nitrogen and oxygen atoms in total. The molecule has 1 heterocycles. The summed E-state index contributed by atoms with van der Waals surface area (Å²) in [6, 6.07) is 0. The summed E-state index contributed by atoms with van der Waals surface area (Å²) in [5, 5.41) is 9.76. The van der Waals surface area contributed by atoms with E-state index in [9.17, 15) is 28.7 Å². The molecule has 3 unspecified atom stereocenters. The highest BCUT2D eigenvalue weighted by molar-refractivity contribution is 7.47. The highest BCUT2D eigenvalue weighted by Crippen LogP contribution is 2.44. The second-order valence-corrected chi connectivity index (χ2v) is 18.4. The van der Waals surface area contributed by atoms with Crippen LogP contribution in [0.2, 0.25) is 0 Å². The predicted octanol–water partition coefficient (Wildman–Crippen LogP) is 11.0. The molecule has 1 aliphatic heterocycles. The van der Waals surface area contributed by atoms with E-state index in [1.807, 2.05) is 12.2 Å². The van der Waals surface area contributed by atoms with E-state index in [0.717, 1.165) is 70.6 Å². The summed E-state index contributed by atoms with van der Waals surface area (Å²) in [5.74, 6) is -1.11. The first-order chi connectivity index (χ1) is 29.8. The van der Waals surface area contributed by atoms with Crippen LogP contribution in [-0.2, 0) is 46.5 Å². The summed E-state index contributed by atoms with van der Waals surface area (Å²) in [7, 11) is -9.70. The Morgan fingerprint density at radius 3 is 1.69 bits per heavy atom. The van der Waals surface area contributed by atoms with Crippen molar-refractivity contribution in [1.82, 2.24) is 0 Å². The monoisotopic (exact) mass is 919 g/mol. The first kappa shape index (κ1) is 57.8. The summed E-state index contributed by atoms with van der Waals surface area (Å²) in [4.78, 5) is 52.8. The van der Waals surface area contributed by atoms with E-state index in [0.29, 0.717) is 31.5 Å². The molecule has 1 saturated heterocycles. The van der Waals surface area contributed by atoms with Gasteiger partial charge in [-0.1, -0.05) is 139 Å². The molecular weight excluding hydrogens is 838 g/mol. The molecule has 1 rings (SSSR count). The number of phosphoric acid groups is 2. The molecule has 0 aromatic carbocycles. The number of carbonyl (C=O) groups excluding carboxylic acids is 2.